The standard InChI is InChI=1S/C13H25N3/c1-11(2)7-5-6-9-14-12(3)13-8-10-15-16(13)4/h8,10-12,14H,5-7,9H2,1-4H3. The lowest BCUT2D eigenvalue weighted by Crippen LogP contribution is -2.22. The van der Waals surface area contributed by atoms with Crippen LogP contribution in [0.25, 0.3) is 0 Å². The highest BCUT2D eigenvalue weighted by Crippen LogP contribution is 2.11. The van der Waals surface area contributed by atoms with Gasteiger partial charge < -0.3 is 5.32 Å². The minimum atomic E-state index is 0.395. The van der Waals surface area contributed by atoms with Crippen molar-refractivity contribution in [1.29, 1.82) is 0 Å². The summed E-state index contributed by atoms with van der Waals surface area (Å²) in [5.41, 5.74) is 1.25. The van der Waals surface area contributed by atoms with Crippen molar-refractivity contribution in [3.63, 3.8) is 0 Å². The zero-order valence-electron chi connectivity index (χ0n) is 11.0. The third-order valence-electron chi connectivity index (χ3n) is 2.96. The first-order valence-electron chi connectivity index (χ1n) is 6.32. The average molecular weight is 223 g/mol. The van der Waals surface area contributed by atoms with E-state index in [4.69, 9.17) is 0 Å². The predicted molar refractivity (Wildman–Crippen MR) is 68.3 cm³/mol. The van der Waals surface area contributed by atoms with Crippen molar-refractivity contribution >= 4 is 0 Å². The molecule has 0 radical (unpaired) electrons. The molecule has 1 atom stereocenters. The van der Waals surface area contributed by atoms with E-state index in [1.54, 1.807) is 0 Å². The molecule has 1 heterocycles. The molecule has 92 valence electrons. The summed E-state index contributed by atoms with van der Waals surface area (Å²) in [5.74, 6) is 0.828. The van der Waals surface area contributed by atoms with E-state index >= 15 is 0 Å². The third-order valence-corrected chi connectivity index (χ3v) is 2.96. The molecule has 0 aliphatic rings. The molecule has 0 aliphatic carbocycles. The van der Waals surface area contributed by atoms with Crippen LogP contribution in [0.1, 0.15) is 51.8 Å². The minimum absolute atomic E-state index is 0.395. The Morgan fingerprint density at radius 1 is 1.31 bits per heavy atom. The molecular weight excluding hydrogens is 198 g/mol. The normalized spacial score (nSPS) is 13.3. The van der Waals surface area contributed by atoms with Crippen LogP contribution in [0.15, 0.2) is 12.3 Å². The van der Waals surface area contributed by atoms with Gasteiger partial charge in [0.2, 0.25) is 0 Å². The maximum Gasteiger partial charge on any atom is 0.0547 e. The van der Waals surface area contributed by atoms with Crippen molar-refractivity contribution in [1.82, 2.24) is 15.1 Å². The van der Waals surface area contributed by atoms with E-state index < -0.39 is 0 Å². The van der Waals surface area contributed by atoms with Crippen molar-refractivity contribution in [2.45, 2.75) is 46.1 Å². The van der Waals surface area contributed by atoms with Crippen LogP contribution in [0, 0.1) is 5.92 Å². The van der Waals surface area contributed by atoms with Crippen molar-refractivity contribution < 1.29 is 0 Å². The Labute approximate surface area is 99.2 Å². The molecule has 0 aliphatic heterocycles. The first kappa shape index (κ1) is 13.2. The Bertz CT molecular complexity index is 291. The topological polar surface area (TPSA) is 29.9 Å². The highest BCUT2D eigenvalue weighted by atomic mass is 15.3. The summed E-state index contributed by atoms with van der Waals surface area (Å²) < 4.78 is 1.94. The Kier molecular flexibility index (Phi) is 5.53. The lowest BCUT2D eigenvalue weighted by Gasteiger charge is -2.14. The fraction of sp³-hybridized carbons (Fsp3) is 0.769. The molecule has 0 amide bonds. The van der Waals surface area contributed by atoms with Gasteiger partial charge in [0.25, 0.3) is 0 Å². The van der Waals surface area contributed by atoms with Gasteiger partial charge in [0.05, 0.1) is 5.69 Å². The summed E-state index contributed by atoms with van der Waals surface area (Å²) in [7, 11) is 1.99. The summed E-state index contributed by atoms with van der Waals surface area (Å²) in [5, 5.41) is 7.72. The number of aromatic nitrogens is 2. The number of rotatable bonds is 7. The molecule has 0 aromatic carbocycles. The minimum Gasteiger partial charge on any atom is -0.309 e. The lowest BCUT2D eigenvalue weighted by atomic mass is 10.1. The monoisotopic (exact) mass is 223 g/mol. The van der Waals surface area contributed by atoms with Gasteiger partial charge in [-0.1, -0.05) is 26.7 Å². The van der Waals surface area contributed by atoms with Crippen molar-refractivity contribution in [2.24, 2.45) is 13.0 Å². The fourth-order valence-corrected chi connectivity index (χ4v) is 1.91. The van der Waals surface area contributed by atoms with Gasteiger partial charge in [0.15, 0.2) is 0 Å². The molecule has 1 aromatic heterocycles. The summed E-state index contributed by atoms with van der Waals surface area (Å²) in [6.07, 6.45) is 5.77. The summed E-state index contributed by atoms with van der Waals surface area (Å²) in [4.78, 5) is 0. The van der Waals surface area contributed by atoms with Gasteiger partial charge in [-0.3, -0.25) is 4.68 Å². The molecule has 3 nitrogen and oxygen atoms in total. The van der Waals surface area contributed by atoms with E-state index in [0.29, 0.717) is 6.04 Å². The molecule has 0 spiro atoms. The van der Waals surface area contributed by atoms with Crippen molar-refractivity contribution in [2.75, 3.05) is 6.54 Å². The molecule has 1 unspecified atom stereocenters. The van der Waals surface area contributed by atoms with E-state index in [0.717, 1.165) is 12.5 Å². The lowest BCUT2D eigenvalue weighted by molar-refractivity contribution is 0.484. The van der Waals surface area contributed by atoms with Gasteiger partial charge in [-0.15, -0.1) is 0 Å². The molecule has 3 heteroatoms. The third kappa shape index (κ3) is 4.35. The van der Waals surface area contributed by atoms with Crippen LogP contribution >= 0.6 is 0 Å². The van der Waals surface area contributed by atoms with Gasteiger partial charge in [-0.05, 0) is 31.9 Å². The Hall–Kier alpha value is -0.830. The van der Waals surface area contributed by atoms with E-state index in [2.05, 4.69) is 37.3 Å². The van der Waals surface area contributed by atoms with Gasteiger partial charge in [-0.25, -0.2) is 0 Å². The Morgan fingerprint density at radius 2 is 2.06 bits per heavy atom. The van der Waals surface area contributed by atoms with E-state index in [1.807, 2.05) is 17.9 Å². The molecular formula is C13H25N3. The number of hydrogen-bond acceptors (Lipinski definition) is 2. The van der Waals surface area contributed by atoms with Gasteiger partial charge >= 0.3 is 0 Å². The van der Waals surface area contributed by atoms with Crippen LogP contribution in [0.4, 0.5) is 0 Å². The average Bonchev–Trinajstić information content (AvgIpc) is 2.63. The largest absolute Gasteiger partial charge is 0.309 e. The van der Waals surface area contributed by atoms with Crippen LogP contribution in [0.3, 0.4) is 0 Å². The van der Waals surface area contributed by atoms with Gasteiger partial charge in [0, 0.05) is 19.3 Å². The highest BCUT2D eigenvalue weighted by Gasteiger charge is 2.07. The van der Waals surface area contributed by atoms with Gasteiger partial charge in [0.1, 0.15) is 0 Å². The van der Waals surface area contributed by atoms with E-state index in [-0.39, 0.29) is 0 Å². The Morgan fingerprint density at radius 3 is 2.62 bits per heavy atom. The van der Waals surface area contributed by atoms with Crippen LogP contribution < -0.4 is 5.32 Å². The fourth-order valence-electron chi connectivity index (χ4n) is 1.91. The predicted octanol–water partition coefficient (Wildman–Crippen LogP) is 2.90. The first-order valence-corrected chi connectivity index (χ1v) is 6.32. The first-order chi connectivity index (χ1) is 7.61. The van der Waals surface area contributed by atoms with E-state index in [9.17, 15) is 0 Å². The number of aryl methyl sites for hydroxylation is 1. The second kappa shape index (κ2) is 6.69. The summed E-state index contributed by atoms with van der Waals surface area (Å²) >= 11 is 0. The SMILES string of the molecule is CC(C)CCCCNC(C)c1ccnn1C. The summed E-state index contributed by atoms with van der Waals surface area (Å²) in [6.45, 7) is 7.86. The molecule has 0 fully saturated rings. The van der Waals surface area contributed by atoms with Crippen molar-refractivity contribution in [3.8, 4) is 0 Å². The maximum atomic E-state index is 4.18. The van der Waals surface area contributed by atoms with Crippen LogP contribution in [0.2, 0.25) is 0 Å². The van der Waals surface area contributed by atoms with Gasteiger partial charge in [-0.2, -0.15) is 5.10 Å². The Balaban J connectivity index is 2.16. The quantitative estimate of drug-likeness (QED) is 0.720. The smallest absolute Gasteiger partial charge is 0.0547 e. The van der Waals surface area contributed by atoms with E-state index in [1.165, 1.54) is 25.0 Å². The molecule has 0 saturated carbocycles. The molecule has 0 saturated heterocycles. The zero-order chi connectivity index (χ0) is 12.0. The van der Waals surface area contributed by atoms with Crippen LogP contribution in [-0.2, 0) is 7.05 Å². The number of nitrogens with zero attached hydrogens (tertiary/aromatic N) is 2. The summed E-state index contributed by atoms with van der Waals surface area (Å²) in [6, 6.07) is 2.47. The van der Waals surface area contributed by atoms with Crippen LogP contribution in [-0.4, -0.2) is 16.3 Å². The van der Waals surface area contributed by atoms with Crippen LogP contribution in [0.5, 0.6) is 0 Å². The molecule has 1 N–H and O–H groups in total. The molecule has 1 rings (SSSR count). The molecule has 1 aromatic rings. The number of unbranched alkanes of at least 4 members (excludes halogenated alkanes) is 1. The molecule has 16 heavy (non-hydrogen) atoms. The number of hydrogen-bond donors (Lipinski definition) is 1. The van der Waals surface area contributed by atoms with Crippen molar-refractivity contribution in [3.05, 3.63) is 18.0 Å². The molecule has 0 bridgehead atoms. The highest BCUT2D eigenvalue weighted by molar-refractivity contribution is 5.04. The second-order valence-electron chi connectivity index (χ2n) is 4.95. The second-order valence-corrected chi connectivity index (χ2v) is 4.95. The zero-order valence-corrected chi connectivity index (χ0v) is 11.0. The maximum absolute atomic E-state index is 4.18. The number of nitrogens with one attached hydrogen (secondary N) is 1.